The molecule has 15 nitrogen and oxygen atoms in total. The number of hydrogen-bond donors (Lipinski definition) is 0. The molecule has 2 unspecified atom stereocenters. The predicted octanol–water partition coefficient (Wildman–Crippen LogP) is 6.84. The van der Waals surface area contributed by atoms with E-state index in [4.69, 9.17) is 33.2 Å². The van der Waals surface area contributed by atoms with Crippen molar-refractivity contribution in [1.29, 1.82) is 0 Å². The van der Waals surface area contributed by atoms with Gasteiger partial charge < -0.3 is 33.2 Å². The predicted molar refractivity (Wildman–Crippen MR) is 250 cm³/mol. The Morgan fingerprint density at radius 2 is 0.785 bits per heavy atom. The molecule has 0 saturated carbocycles. The van der Waals surface area contributed by atoms with E-state index >= 15 is 0 Å². The second kappa shape index (κ2) is 26.4. The fraction of sp³-hybridized carbons (Fsp3) is 0.660. The van der Waals surface area contributed by atoms with Crippen LogP contribution in [0.15, 0.2) is 48.5 Å². The van der Waals surface area contributed by atoms with E-state index in [-0.39, 0.29) is 58.7 Å². The van der Waals surface area contributed by atoms with E-state index in [1.54, 1.807) is 99.8 Å². The Hall–Kier alpha value is -4.73. The van der Waals surface area contributed by atoms with Crippen LogP contribution in [0.25, 0.3) is 0 Å². The van der Waals surface area contributed by atoms with E-state index < -0.39 is 70.9 Å². The summed E-state index contributed by atoms with van der Waals surface area (Å²) >= 11 is 0. The zero-order valence-electron chi connectivity index (χ0n) is 41.9. The van der Waals surface area contributed by atoms with E-state index in [9.17, 15) is 24.0 Å². The summed E-state index contributed by atoms with van der Waals surface area (Å²) in [6.07, 6.45) is -0.485. The Bertz CT molecular complexity index is 1660. The second-order valence-corrected chi connectivity index (χ2v) is 19.5. The van der Waals surface area contributed by atoms with Gasteiger partial charge in [0.1, 0.15) is 40.4 Å². The van der Waals surface area contributed by atoms with Crippen molar-refractivity contribution < 1.29 is 57.1 Å². The van der Waals surface area contributed by atoms with Gasteiger partial charge in [0.2, 0.25) is 0 Å². The topological polar surface area (TPSA) is 160 Å². The summed E-state index contributed by atoms with van der Waals surface area (Å²) in [6, 6.07) is 12.9. The molecule has 65 heavy (non-hydrogen) atoms. The Balaban J connectivity index is 2.67. The fourth-order valence-electron chi connectivity index (χ4n) is 6.70. The highest BCUT2D eigenvalue weighted by molar-refractivity contribution is 5.79. The number of esters is 5. The molecule has 0 heterocycles. The molecule has 0 fully saturated rings. The minimum atomic E-state index is -0.931. The maximum Gasteiger partial charge on any atom is 0.323 e. The van der Waals surface area contributed by atoms with Crippen LogP contribution in [0.4, 0.5) is 0 Å². The third kappa shape index (κ3) is 23.9. The summed E-state index contributed by atoms with van der Waals surface area (Å²) in [5.74, 6) is -1.29. The van der Waals surface area contributed by atoms with E-state index in [1.807, 2.05) is 67.3 Å². The van der Waals surface area contributed by atoms with Gasteiger partial charge in [0.05, 0.1) is 45.1 Å². The molecule has 0 aliphatic heterocycles. The van der Waals surface area contributed by atoms with E-state index in [0.29, 0.717) is 24.7 Å². The fourth-order valence-corrected chi connectivity index (χ4v) is 6.70. The second-order valence-electron chi connectivity index (χ2n) is 19.5. The Morgan fingerprint density at radius 3 is 1.06 bits per heavy atom. The largest absolute Gasteiger partial charge is 0.494 e. The molecule has 0 N–H and O–H groups in total. The van der Waals surface area contributed by atoms with Crippen LogP contribution in [-0.2, 0) is 60.5 Å². The van der Waals surface area contributed by atoms with Gasteiger partial charge in [-0.3, -0.25) is 38.7 Å². The normalized spacial score (nSPS) is 13.2. The summed E-state index contributed by atoms with van der Waals surface area (Å²) in [5.41, 5.74) is -0.775. The Morgan fingerprint density at radius 1 is 0.477 bits per heavy atom. The zero-order chi connectivity index (χ0) is 49.1. The van der Waals surface area contributed by atoms with Crippen molar-refractivity contribution in [3.8, 4) is 11.5 Å². The Labute approximate surface area is 388 Å². The van der Waals surface area contributed by atoms with Gasteiger partial charge in [0.25, 0.3) is 0 Å². The lowest BCUT2D eigenvalue weighted by Crippen LogP contribution is -2.53. The lowest BCUT2D eigenvalue weighted by molar-refractivity contribution is -0.162. The van der Waals surface area contributed by atoms with Gasteiger partial charge in [-0.1, -0.05) is 24.3 Å². The molecule has 15 heteroatoms. The van der Waals surface area contributed by atoms with Crippen molar-refractivity contribution in [1.82, 2.24) is 14.7 Å². The smallest absolute Gasteiger partial charge is 0.323 e. The Kier molecular flexibility index (Phi) is 22.9. The summed E-state index contributed by atoms with van der Waals surface area (Å²) in [5, 5.41) is 0. The SMILES string of the molecule is CCOc1ccc(CC(C(=O)OC(C)C)N(CCN(CCN(CC(=O)OC(C)(C)C)C(Cc2ccc(OCC)cc2)C(=O)OC(C)C)CC(=O)OC(C)(C)C)CC(=O)OC(C)(C)C)cc1. The molecule has 2 aromatic carbocycles. The lowest BCUT2D eigenvalue weighted by Gasteiger charge is -2.35. The van der Waals surface area contributed by atoms with Crippen LogP contribution in [0.3, 0.4) is 0 Å². The molecular weight excluding hydrogens is 835 g/mol. The highest BCUT2D eigenvalue weighted by atomic mass is 16.6. The number of hydrogen-bond acceptors (Lipinski definition) is 15. The average Bonchev–Trinajstić information content (AvgIpc) is 3.14. The molecule has 0 aliphatic rings. The molecule has 366 valence electrons. The molecule has 0 aliphatic carbocycles. The summed E-state index contributed by atoms with van der Waals surface area (Å²) < 4.78 is 40.1. The minimum Gasteiger partial charge on any atom is -0.494 e. The molecule has 0 spiro atoms. The number of benzene rings is 2. The van der Waals surface area contributed by atoms with E-state index in [1.165, 1.54) is 0 Å². The van der Waals surface area contributed by atoms with Gasteiger partial charge in [-0.25, -0.2) is 0 Å². The first kappa shape index (κ1) is 56.4. The van der Waals surface area contributed by atoms with Crippen molar-refractivity contribution in [3.63, 3.8) is 0 Å². The van der Waals surface area contributed by atoms with Crippen molar-refractivity contribution in [2.75, 3.05) is 59.0 Å². The van der Waals surface area contributed by atoms with Crippen molar-refractivity contribution in [2.24, 2.45) is 0 Å². The third-order valence-corrected chi connectivity index (χ3v) is 9.14. The first-order valence-corrected chi connectivity index (χ1v) is 22.9. The van der Waals surface area contributed by atoms with Crippen molar-refractivity contribution in [3.05, 3.63) is 59.7 Å². The van der Waals surface area contributed by atoms with Crippen molar-refractivity contribution >= 4 is 29.8 Å². The van der Waals surface area contributed by atoms with Gasteiger partial charge in [0.15, 0.2) is 0 Å². The highest BCUT2D eigenvalue weighted by Crippen LogP contribution is 2.21. The standard InChI is InChI=1S/C50H79N3O12/c1-16-59-39-22-18-37(19-23-39)30-41(46(57)61-35(3)4)52(33-44(55)64-49(10,11)12)28-26-51(32-43(54)63-48(7,8)9)27-29-53(34-45(56)65-50(13,14)15)42(47(58)62-36(5)6)31-38-20-24-40(25-21-38)60-17-2/h18-25,35-36,41-42H,16-17,26-34H2,1-15H3. The quantitative estimate of drug-likeness (QED) is 0.0713. The molecule has 2 rings (SSSR count). The van der Waals surface area contributed by atoms with Gasteiger partial charge in [-0.2, -0.15) is 0 Å². The van der Waals surface area contributed by atoms with Gasteiger partial charge in [-0.05, 0) is 152 Å². The molecule has 0 radical (unpaired) electrons. The third-order valence-electron chi connectivity index (χ3n) is 9.14. The number of rotatable bonds is 26. The maximum atomic E-state index is 14.0. The average molecular weight is 914 g/mol. The molecule has 2 atom stereocenters. The van der Waals surface area contributed by atoms with Gasteiger partial charge >= 0.3 is 29.8 Å². The first-order chi connectivity index (χ1) is 30.2. The van der Waals surface area contributed by atoms with Crippen LogP contribution in [0, 0.1) is 0 Å². The summed E-state index contributed by atoms with van der Waals surface area (Å²) in [6.45, 7) is 27.6. The number of carbonyl (C=O) groups excluding carboxylic acids is 5. The van der Waals surface area contributed by atoms with E-state index in [0.717, 1.165) is 11.1 Å². The molecule has 0 bridgehead atoms. The van der Waals surface area contributed by atoms with E-state index in [2.05, 4.69) is 0 Å². The first-order valence-electron chi connectivity index (χ1n) is 22.9. The van der Waals surface area contributed by atoms with Crippen LogP contribution in [-0.4, -0.2) is 145 Å². The van der Waals surface area contributed by atoms with Crippen LogP contribution >= 0.6 is 0 Å². The molecule has 0 amide bonds. The number of carbonyl (C=O) groups is 5. The van der Waals surface area contributed by atoms with Crippen molar-refractivity contribution in [2.45, 2.75) is 158 Å². The van der Waals surface area contributed by atoms with Crippen LogP contribution in [0.1, 0.15) is 115 Å². The molecular formula is C50H79N3O12. The molecule has 2 aromatic rings. The highest BCUT2D eigenvalue weighted by Gasteiger charge is 2.35. The molecule has 0 aromatic heterocycles. The number of ether oxygens (including phenoxy) is 7. The monoisotopic (exact) mass is 914 g/mol. The van der Waals surface area contributed by atoms with Crippen LogP contribution < -0.4 is 9.47 Å². The minimum absolute atomic E-state index is 0.105. The summed E-state index contributed by atoms with van der Waals surface area (Å²) in [4.78, 5) is 74.0. The lowest BCUT2D eigenvalue weighted by atomic mass is 10.0. The van der Waals surface area contributed by atoms with Crippen LogP contribution in [0.2, 0.25) is 0 Å². The molecule has 0 saturated heterocycles. The van der Waals surface area contributed by atoms with Crippen LogP contribution in [0.5, 0.6) is 11.5 Å². The number of nitrogens with zero attached hydrogens (tertiary/aromatic N) is 3. The van der Waals surface area contributed by atoms with Gasteiger partial charge in [-0.15, -0.1) is 0 Å². The van der Waals surface area contributed by atoms with Gasteiger partial charge in [0, 0.05) is 26.2 Å². The zero-order valence-corrected chi connectivity index (χ0v) is 41.9. The summed E-state index contributed by atoms with van der Waals surface area (Å²) in [7, 11) is 0. The maximum absolute atomic E-state index is 14.0.